The van der Waals surface area contributed by atoms with Gasteiger partial charge in [0.1, 0.15) is 6.17 Å². The fourth-order valence-electron chi connectivity index (χ4n) is 3.65. The summed E-state index contributed by atoms with van der Waals surface area (Å²) in [6.45, 7) is 5.25. The van der Waals surface area contributed by atoms with Gasteiger partial charge in [-0.05, 0) is 6.08 Å². The predicted molar refractivity (Wildman–Crippen MR) is 104 cm³/mol. The molecule has 5 rings (SSSR count). The van der Waals surface area contributed by atoms with E-state index in [0.717, 1.165) is 0 Å². The van der Waals surface area contributed by atoms with Crippen LogP contribution in [0.2, 0.25) is 0 Å². The fraction of sp³-hybridized carbons (Fsp3) is 0.238. The molecule has 1 aromatic carbocycles. The highest BCUT2D eigenvalue weighted by molar-refractivity contribution is 5.95. The minimum atomic E-state index is -0.819. The highest BCUT2D eigenvalue weighted by atomic mass is 16.6. The van der Waals surface area contributed by atoms with Gasteiger partial charge in [0.2, 0.25) is 0 Å². The van der Waals surface area contributed by atoms with Crippen molar-refractivity contribution in [1.29, 1.82) is 0 Å². The lowest BCUT2D eigenvalue weighted by Gasteiger charge is -2.45. The molecule has 0 unspecified atom stereocenters. The van der Waals surface area contributed by atoms with E-state index in [1.807, 2.05) is 18.2 Å². The first kappa shape index (κ1) is 18.5. The number of nitrogens with zero attached hydrogens (tertiary/aromatic N) is 2. The first-order valence-corrected chi connectivity index (χ1v) is 9.49. The van der Waals surface area contributed by atoms with Crippen molar-refractivity contribution in [3.8, 4) is 11.3 Å². The minimum absolute atomic E-state index is 0.102. The Morgan fingerprint density at radius 3 is 2.87 bits per heavy atom. The number of benzene rings is 1. The normalized spacial score (nSPS) is 21.0. The van der Waals surface area contributed by atoms with Crippen LogP contribution in [0.15, 0.2) is 79.8 Å². The number of carbonyl (C=O) groups excluding carboxylic acids is 1. The topological polar surface area (TPSA) is 97.4 Å². The summed E-state index contributed by atoms with van der Waals surface area (Å²) in [5.74, 6) is -0.169. The Kier molecular flexibility index (Phi) is 4.53. The number of fused-ring (bicyclic) bond motifs is 2. The average Bonchev–Trinajstić information content (AvgIpc) is 3.14. The molecule has 0 radical (unpaired) electrons. The van der Waals surface area contributed by atoms with Crippen molar-refractivity contribution in [2.24, 2.45) is 0 Å². The zero-order chi connectivity index (χ0) is 20.7. The van der Waals surface area contributed by atoms with Crippen LogP contribution in [0.4, 0.5) is 0 Å². The molecule has 2 fully saturated rings. The highest BCUT2D eigenvalue weighted by Crippen LogP contribution is 2.31. The van der Waals surface area contributed by atoms with Gasteiger partial charge in [0.15, 0.2) is 29.6 Å². The molecule has 0 spiro atoms. The lowest BCUT2D eigenvalue weighted by atomic mass is 10.1. The summed E-state index contributed by atoms with van der Waals surface area (Å²) in [7, 11) is 0. The number of nitrogens with one attached hydrogen (secondary N) is 1. The van der Waals surface area contributed by atoms with Gasteiger partial charge in [0, 0.05) is 23.9 Å². The van der Waals surface area contributed by atoms with Crippen molar-refractivity contribution in [2.75, 3.05) is 19.8 Å². The third-order valence-electron chi connectivity index (χ3n) is 5.08. The van der Waals surface area contributed by atoms with E-state index in [0.29, 0.717) is 48.1 Å². The number of hydrazine groups is 1. The van der Waals surface area contributed by atoms with Gasteiger partial charge in [-0.3, -0.25) is 9.80 Å². The summed E-state index contributed by atoms with van der Waals surface area (Å²) in [6, 6.07) is 9.12. The third kappa shape index (κ3) is 3.14. The molecule has 2 saturated heterocycles. The summed E-state index contributed by atoms with van der Waals surface area (Å²) in [6.07, 6.45) is 3.22. The summed E-state index contributed by atoms with van der Waals surface area (Å²) < 4.78 is 21.8. The zero-order valence-electron chi connectivity index (χ0n) is 16.0. The van der Waals surface area contributed by atoms with Gasteiger partial charge in [-0.2, -0.15) is 0 Å². The zero-order valence-corrected chi connectivity index (χ0v) is 16.0. The SMILES string of the molecule is C=C1C=CN2N[C@@H]3COCCN3C(=O)C2=C1OCc1oc(=O)oc1-c1ccccc1. The number of hydrogen-bond acceptors (Lipinski definition) is 8. The van der Waals surface area contributed by atoms with Crippen LogP contribution in [-0.4, -0.2) is 41.7 Å². The van der Waals surface area contributed by atoms with Crippen LogP contribution in [0.5, 0.6) is 0 Å². The first-order chi connectivity index (χ1) is 14.6. The second-order valence-corrected chi connectivity index (χ2v) is 6.97. The molecule has 2 aromatic rings. The molecule has 1 atom stereocenters. The smallest absolute Gasteiger partial charge is 0.482 e. The molecule has 30 heavy (non-hydrogen) atoms. The van der Waals surface area contributed by atoms with Crippen molar-refractivity contribution >= 4 is 5.91 Å². The lowest BCUT2D eigenvalue weighted by molar-refractivity contribution is -0.148. The van der Waals surface area contributed by atoms with E-state index in [1.165, 1.54) is 0 Å². The molecule has 1 N–H and O–H groups in total. The largest absolute Gasteiger partial charge is 0.519 e. The Morgan fingerprint density at radius 2 is 2.03 bits per heavy atom. The van der Waals surface area contributed by atoms with Crippen LogP contribution in [-0.2, 0) is 20.9 Å². The van der Waals surface area contributed by atoms with E-state index >= 15 is 0 Å². The van der Waals surface area contributed by atoms with Gasteiger partial charge in [-0.25, -0.2) is 10.2 Å². The molecule has 0 aliphatic carbocycles. The fourth-order valence-corrected chi connectivity index (χ4v) is 3.65. The molecule has 1 amide bonds. The van der Waals surface area contributed by atoms with Crippen molar-refractivity contribution in [1.82, 2.24) is 15.3 Å². The van der Waals surface area contributed by atoms with Crippen LogP contribution in [0.3, 0.4) is 0 Å². The molecule has 0 bridgehead atoms. The molecule has 0 saturated carbocycles. The molecule has 3 aliphatic rings. The highest BCUT2D eigenvalue weighted by Gasteiger charge is 2.41. The lowest BCUT2D eigenvalue weighted by Crippen LogP contribution is -2.65. The van der Waals surface area contributed by atoms with Gasteiger partial charge in [0.25, 0.3) is 5.91 Å². The second kappa shape index (κ2) is 7.36. The van der Waals surface area contributed by atoms with E-state index in [9.17, 15) is 9.59 Å². The molecule has 154 valence electrons. The maximum Gasteiger partial charge on any atom is 0.519 e. The van der Waals surface area contributed by atoms with Gasteiger partial charge in [-0.1, -0.05) is 36.9 Å². The van der Waals surface area contributed by atoms with Crippen molar-refractivity contribution in [3.63, 3.8) is 0 Å². The van der Waals surface area contributed by atoms with Gasteiger partial charge < -0.3 is 23.2 Å². The quantitative estimate of drug-likeness (QED) is 0.815. The van der Waals surface area contributed by atoms with Crippen LogP contribution in [0.1, 0.15) is 5.76 Å². The van der Waals surface area contributed by atoms with E-state index < -0.39 is 5.82 Å². The van der Waals surface area contributed by atoms with E-state index in [1.54, 1.807) is 34.3 Å². The molecule has 3 aliphatic heterocycles. The number of rotatable bonds is 4. The number of morpholine rings is 1. The number of carbonyl (C=O) groups is 1. The van der Waals surface area contributed by atoms with Crippen molar-refractivity contribution < 1.29 is 23.1 Å². The summed E-state index contributed by atoms with van der Waals surface area (Å²) >= 11 is 0. The maximum atomic E-state index is 13.1. The average molecular weight is 409 g/mol. The Morgan fingerprint density at radius 1 is 1.20 bits per heavy atom. The molecular weight excluding hydrogens is 390 g/mol. The van der Waals surface area contributed by atoms with E-state index in [2.05, 4.69) is 12.0 Å². The number of amides is 1. The Bertz CT molecular complexity index is 1110. The summed E-state index contributed by atoms with van der Waals surface area (Å²) in [4.78, 5) is 26.6. The monoisotopic (exact) mass is 409 g/mol. The first-order valence-electron chi connectivity index (χ1n) is 9.49. The standard InChI is InChI=1S/C21H19N3O6/c1-13-7-8-24-17(20(25)23-9-10-27-12-16(23)22-24)18(13)28-11-15-19(30-21(26)29-15)14-5-3-2-4-6-14/h2-8,16,22H,1,9-12H2/t16-/m0/s1. The Labute approximate surface area is 171 Å². The maximum absolute atomic E-state index is 13.1. The summed E-state index contributed by atoms with van der Waals surface area (Å²) in [5.41, 5.74) is 4.79. The van der Waals surface area contributed by atoms with Crippen LogP contribution in [0, 0.1) is 0 Å². The van der Waals surface area contributed by atoms with Crippen LogP contribution in [0.25, 0.3) is 11.3 Å². The number of hydrogen-bond donors (Lipinski definition) is 1. The van der Waals surface area contributed by atoms with Gasteiger partial charge in [0.05, 0.1) is 13.2 Å². The Hall–Kier alpha value is -3.56. The summed E-state index contributed by atoms with van der Waals surface area (Å²) in [5, 5.41) is 1.62. The predicted octanol–water partition coefficient (Wildman–Crippen LogP) is 1.72. The minimum Gasteiger partial charge on any atom is -0.482 e. The van der Waals surface area contributed by atoms with Crippen LogP contribution >= 0.6 is 0 Å². The van der Waals surface area contributed by atoms with Crippen molar-refractivity contribution in [2.45, 2.75) is 12.8 Å². The van der Waals surface area contributed by atoms with Crippen LogP contribution < -0.4 is 11.2 Å². The van der Waals surface area contributed by atoms with Gasteiger partial charge in [-0.15, -0.1) is 0 Å². The molecule has 4 heterocycles. The molecule has 9 nitrogen and oxygen atoms in total. The van der Waals surface area contributed by atoms with E-state index in [4.69, 9.17) is 18.3 Å². The molecule has 1 aromatic heterocycles. The molecule has 9 heteroatoms. The third-order valence-corrected chi connectivity index (χ3v) is 5.08. The number of allylic oxidation sites excluding steroid dienone is 1. The van der Waals surface area contributed by atoms with Gasteiger partial charge >= 0.3 is 5.82 Å². The van der Waals surface area contributed by atoms with E-state index in [-0.39, 0.29) is 24.4 Å². The van der Waals surface area contributed by atoms with Crippen molar-refractivity contribution in [3.05, 3.63) is 82.6 Å². The molecular formula is C21H19N3O6. The Balaban J connectivity index is 1.45. The number of ether oxygens (including phenoxy) is 2. The second-order valence-electron chi connectivity index (χ2n) is 6.97.